The summed E-state index contributed by atoms with van der Waals surface area (Å²) in [6, 6.07) is 7.95. The number of methoxy groups -OCH3 is 1. The average Bonchev–Trinajstić information content (AvgIpc) is 2.48. The van der Waals surface area contributed by atoms with Crippen molar-refractivity contribution in [1.29, 1.82) is 0 Å². The Morgan fingerprint density at radius 1 is 1.33 bits per heavy atom. The van der Waals surface area contributed by atoms with E-state index in [1.165, 1.54) is 6.42 Å². The fourth-order valence-corrected chi connectivity index (χ4v) is 5.17. The van der Waals surface area contributed by atoms with Crippen LogP contribution >= 0.6 is 0 Å². The van der Waals surface area contributed by atoms with Gasteiger partial charge in [-0.2, -0.15) is 0 Å². The number of hydrogen-bond donors (Lipinski definition) is 1. The normalized spacial score (nSPS) is 26.3. The Kier molecular flexibility index (Phi) is 5.44. The Morgan fingerprint density at radius 3 is 2.57 bits per heavy atom. The zero-order valence-corrected chi connectivity index (χ0v) is 14.3. The summed E-state index contributed by atoms with van der Waals surface area (Å²) >= 11 is 0. The summed E-state index contributed by atoms with van der Waals surface area (Å²) in [6.07, 6.45) is 3.38. The third-order valence-electron chi connectivity index (χ3n) is 4.51. The molecule has 3 unspecified atom stereocenters. The Hall–Kier alpha value is -0.870. The number of benzene rings is 1. The van der Waals surface area contributed by atoms with Crippen LogP contribution in [0.3, 0.4) is 0 Å². The Morgan fingerprint density at radius 2 is 2.00 bits per heavy atom. The van der Waals surface area contributed by atoms with Crippen LogP contribution in [0.2, 0.25) is 0 Å². The maximum absolute atomic E-state index is 13.0. The Bertz CT molecular complexity index is 484. The molecular formula is C17H27NO2S. The maximum Gasteiger partial charge on any atom is 0.118 e. The minimum atomic E-state index is -0.976. The van der Waals surface area contributed by atoms with Crippen molar-refractivity contribution in [2.75, 3.05) is 13.7 Å². The van der Waals surface area contributed by atoms with Gasteiger partial charge in [0.2, 0.25) is 0 Å². The first-order valence-electron chi connectivity index (χ1n) is 7.77. The predicted molar refractivity (Wildman–Crippen MR) is 88.3 cm³/mol. The lowest BCUT2D eigenvalue weighted by molar-refractivity contribution is 0.174. The molecule has 3 atom stereocenters. The maximum atomic E-state index is 13.0. The van der Waals surface area contributed by atoms with Crippen LogP contribution in [-0.2, 0) is 10.8 Å². The van der Waals surface area contributed by atoms with Crippen LogP contribution < -0.4 is 10.1 Å². The largest absolute Gasteiger partial charge is 0.497 e. The van der Waals surface area contributed by atoms with Crippen molar-refractivity contribution >= 4 is 10.8 Å². The van der Waals surface area contributed by atoms with Gasteiger partial charge in [0.1, 0.15) is 5.75 Å². The second-order valence-corrected chi connectivity index (χ2v) is 8.10. The van der Waals surface area contributed by atoms with Gasteiger partial charge >= 0.3 is 0 Å². The van der Waals surface area contributed by atoms with Crippen molar-refractivity contribution in [3.05, 3.63) is 24.3 Å². The standard InChI is InChI=1S/C17H27NO2S/c1-5-18-16-15(7-6-12-17(16,2)3)21(19)14-10-8-13(20-4)9-11-14/h8-11,15-16,18H,5-7,12H2,1-4H3. The highest BCUT2D eigenvalue weighted by Crippen LogP contribution is 2.39. The van der Waals surface area contributed by atoms with Gasteiger partial charge in [-0.3, -0.25) is 4.21 Å². The van der Waals surface area contributed by atoms with Crippen LogP contribution in [0.4, 0.5) is 0 Å². The Labute approximate surface area is 130 Å². The van der Waals surface area contributed by atoms with Crippen LogP contribution in [0.5, 0.6) is 5.75 Å². The smallest absolute Gasteiger partial charge is 0.118 e. The molecule has 4 heteroatoms. The van der Waals surface area contributed by atoms with Crippen LogP contribution in [0, 0.1) is 5.41 Å². The quantitative estimate of drug-likeness (QED) is 0.906. The average molecular weight is 309 g/mol. The van der Waals surface area contributed by atoms with Gasteiger partial charge in [-0.15, -0.1) is 0 Å². The van der Waals surface area contributed by atoms with Gasteiger partial charge < -0.3 is 10.1 Å². The zero-order valence-electron chi connectivity index (χ0n) is 13.5. The van der Waals surface area contributed by atoms with Gasteiger partial charge in [0.25, 0.3) is 0 Å². The molecule has 1 aliphatic carbocycles. The second kappa shape index (κ2) is 6.93. The van der Waals surface area contributed by atoms with E-state index in [2.05, 4.69) is 26.1 Å². The minimum Gasteiger partial charge on any atom is -0.497 e. The molecule has 1 saturated carbocycles. The summed E-state index contributed by atoms with van der Waals surface area (Å²) in [7, 11) is 0.673. The van der Waals surface area contributed by atoms with E-state index < -0.39 is 10.8 Å². The lowest BCUT2D eigenvalue weighted by Crippen LogP contribution is -2.53. The van der Waals surface area contributed by atoms with Gasteiger partial charge in [0, 0.05) is 10.9 Å². The van der Waals surface area contributed by atoms with E-state index in [9.17, 15) is 4.21 Å². The molecular weight excluding hydrogens is 282 g/mol. The highest BCUT2D eigenvalue weighted by Gasteiger charge is 2.41. The van der Waals surface area contributed by atoms with Gasteiger partial charge in [0.15, 0.2) is 0 Å². The number of hydrogen-bond acceptors (Lipinski definition) is 3. The molecule has 0 amide bonds. The van der Waals surface area contributed by atoms with Gasteiger partial charge in [-0.05, 0) is 49.1 Å². The predicted octanol–water partition coefficient (Wildman–Crippen LogP) is 3.36. The molecule has 0 bridgehead atoms. The summed E-state index contributed by atoms with van der Waals surface area (Å²) in [5.74, 6) is 0.808. The van der Waals surface area contributed by atoms with Gasteiger partial charge in [0.05, 0.1) is 23.2 Å². The van der Waals surface area contributed by atoms with E-state index in [-0.39, 0.29) is 10.7 Å². The third-order valence-corrected chi connectivity index (χ3v) is 6.31. The summed E-state index contributed by atoms with van der Waals surface area (Å²) in [6.45, 7) is 7.62. The first-order chi connectivity index (χ1) is 9.99. The van der Waals surface area contributed by atoms with Crippen molar-refractivity contribution in [1.82, 2.24) is 5.32 Å². The van der Waals surface area contributed by atoms with E-state index in [4.69, 9.17) is 4.74 Å². The van der Waals surface area contributed by atoms with Crippen molar-refractivity contribution in [2.45, 2.75) is 56.2 Å². The topological polar surface area (TPSA) is 38.3 Å². The molecule has 118 valence electrons. The zero-order chi connectivity index (χ0) is 15.5. The molecule has 1 aromatic rings. The third kappa shape index (κ3) is 3.67. The molecule has 0 spiro atoms. The first-order valence-corrected chi connectivity index (χ1v) is 8.99. The van der Waals surface area contributed by atoms with Crippen LogP contribution in [0.1, 0.15) is 40.0 Å². The molecule has 3 nitrogen and oxygen atoms in total. The van der Waals surface area contributed by atoms with E-state index in [0.29, 0.717) is 6.04 Å². The number of ether oxygens (including phenoxy) is 1. The molecule has 1 aromatic carbocycles. The van der Waals surface area contributed by atoms with Crippen LogP contribution in [-0.4, -0.2) is 29.2 Å². The molecule has 1 N–H and O–H groups in total. The molecule has 1 aliphatic rings. The SMILES string of the molecule is CCNC1C(S(=O)c2ccc(OC)cc2)CCCC1(C)C. The van der Waals surface area contributed by atoms with Gasteiger partial charge in [-0.1, -0.05) is 27.2 Å². The molecule has 2 rings (SSSR count). The molecule has 0 saturated heterocycles. The van der Waals surface area contributed by atoms with Crippen LogP contribution in [0.15, 0.2) is 29.2 Å². The summed E-state index contributed by atoms with van der Waals surface area (Å²) in [5, 5.41) is 3.76. The second-order valence-electron chi connectivity index (χ2n) is 6.43. The van der Waals surface area contributed by atoms with E-state index in [0.717, 1.165) is 30.0 Å². The van der Waals surface area contributed by atoms with Gasteiger partial charge in [-0.25, -0.2) is 0 Å². The number of nitrogens with one attached hydrogen (secondary N) is 1. The molecule has 0 heterocycles. The first kappa shape index (κ1) is 16.5. The minimum absolute atomic E-state index is 0.182. The van der Waals surface area contributed by atoms with E-state index in [1.807, 2.05) is 24.3 Å². The molecule has 0 aromatic heterocycles. The molecule has 0 radical (unpaired) electrons. The molecule has 21 heavy (non-hydrogen) atoms. The van der Waals surface area contributed by atoms with Crippen molar-refractivity contribution < 1.29 is 8.95 Å². The fourth-order valence-electron chi connectivity index (χ4n) is 3.33. The van der Waals surface area contributed by atoms with E-state index in [1.54, 1.807) is 7.11 Å². The highest BCUT2D eigenvalue weighted by atomic mass is 32.2. The van der Waals surface area contributed by atoms with Crippen molar-refractivity contribution in [3.63, 3.8) is 0 Å². The van der Waals surface area contributed by atoms with Crippen LogP contribution in [0.25, 0.3) is 0 Å². The Balaban J connectivity index is 2.22. The summed E-state index contributed by atoms with van der Waals surface area (Å²) < 4.78 is 18.2. The highest BCUT2D eigenvalue weighted by molar-refractivity contribution is 7.85. The van der Waals surface area contributed by atoms with E-state index >= 15 is 0 Å². The summed E-state index contributed by atoms with van der Waals surface area (Å²) in [4.78, 5) is 0.904. The molecule has 1 fully saturated rings. The lowest BCUT2D eigenvalue weighted by atomic mass is 9.73. The molecule has 0 aliphatic heterocycles. The lowest BCUT2D eigenvalue weighted by Gasteiger charge is -2.44. The summed E-state index contributed by atoms with van der Waals surface area (Å²) in [5.41, 5.74) is 0.195. The monoisotopic (exact) mass is 309 g/mol. The number of rotatable bonds is 5. The van der Waals surface area contributed by atoms with Crippen molar-refractivity contribution in [2.24, 2.45) is 5.41 Å². The van der Waals surface area contributed by atoms with Crippen molar-refractivity contribution in [3.8, 4) is 5.75 Å². The fraction of sp³-hybridized carbons (Fsp3) is 0.647.